The first-order chi connectivity index (χ1) is 8.49. The molecule has 0 atom stereocenters. The number of pyridine rings is 1. The number of nitrogens with two attached hydrogens (primary N) is 1. The van der Waals surface area contributed by atoms with Crippen LogP contribution in [0.2, 0.25) is 0 Å². The van der Waals surface area contributed by atoms with E-state index in [1.165, 1.54) is 24.7 Å². The predicted molar refractivity (Wildman–Crippen MR) is 69.0 cm³/mol. The summed E-state index contributed by atoms with van der Waals surface area (Å²) in [6.07, 6.45) is 4.25. The average molecular weight is 332 g/mol. The molecule has 0 amide bonds. The van der Waals surface area contributed by atoms with Crippen LogP contribution in [-0.2, 0) is 16.6 Å². The van der Waals surface area contributed by atoms with Crippen LogP contribution in [0.25, 0.3) is 0 Å². The van der Waals surface area contributed by atoms with Crippen LogP contribution in [0.4, 0.5) is 5.82 Å². The zero-order valence-electron chi connectivity index (χ0n) is 9.09. The number of anilines is 1. The topological polar surface area (TPSA) is 114 Å². The molecule has 4 N–H and O–H groups in total. The molecule has 2 heterocycles. The number of H-pyrrole nitrogens is 1. The van der Waals surface area contributed by atoms with Crippen LogP contribution in [0.15, 0.2) is 34.0 Å². The minimum absolute atomic E-state index is 0.0666. The lowest BCUT2D eigenvalue weighted by Gasteiger charge is -2.05. The van der Waals surface area contributed by atoms with Gasteiger partial charge in [0.2, 0.25) is 10.0 Å². The van der Waals surface area contributed by atoms with Crippen molar-refractivity contribution in [3.05, 3.63) is 34.7 Å². The normalized spacial score (nSPS) is 11.6. The summed E-state index contributed by atoms with van der Waals surface area (Å²) < 4.78 is 26.9. The molecule has 0 saturated carbocycles. The first-order valence-electron chi connectivity index (χ1n) is 4.87. The molecule has 0 unspecified atom stereocenters. The van der Waals surface area contributed by atoms with E-state index in [4.69, 9.17) is 5.73 Å². The second kappa shape index (κ2) is 5.04. The third-order valence-electron chi connectivity index (χ3n) is 2.19. The molecule has 0 aliphatic carbocycles. The van der Waals surface area contributed by atoms with E-state index in [9.17, 15) is 8.42 Å². The lowest BCUT2D eigenvalue weighted by molar-refractivity contribution is 0.581. The molecule has 96 valence electrons. The molecule has 0 aromatic carbocycles. The van der Waals surface area contributed by atoms with E-state index < -0.39 is 10.0 Å². The summed E-state index contributed by atoms with van der Waals surface area (Å²) in [7, 11) is -3.62. The number of rotatable bonds is 4. The first-order valence-corrected chi connectivity index (χ1v) is 7.14. The average Bonchev–Trinajstić information content (AvgIpc) is 2.72. The van der Waals surface area contributed by atoms with Crippen molar-refractivity contribution in [1.29, 1.82) is 0 Å². The second-order valence-corrected chi connectivity index (χ2v) is 6.15. The number of nitrogens with one attached hydrogen (secondary N) is 2. The van der Waals surface area contributed by atoms with E-state index in [1.54, 1.807) is 0 Å². The van der Waals surface area contributed by atoms with Crippen molar-refractivity contribution in [3.63, 3.8) is 0 Å². The van der Waals surface area contributed by atoms with Crippen LogP contribution in [0.3, 0.4) is 0 Å². The van der Waals surface area contributed by atoms with Gasteiger partial charge in [0.15, 0.2) is 0 Å². The summed E-state index contributed by atoms with van der Waals surface area (Å²) in [5.74, 6) is 0.338. The van der Waals surface area contributed by atoms with Crippen molar-refractivity contribution in [2.45, 2.75) is 11.4 Å². The molecule has 0 bridgehead atoms. The molecular weight excluding hydrogens is 322 g/mol. The lowest BCUT2D eigenvalue weighted by Crippen LogP contribution is -2.23. The first kappa shape index (κ1) is 13.0. The highest BCUT2D eigenvalue weighted by atomic mass is 79.9. The van der Waals surface area contributed by atoms with Crippen LogP contribution in [0.1, 0.15) is 5.56 Å². The minimum atomic E-state index is -3.62. The Labute approximate surface area is 112 Å². The maximum atomic E-state index is 11.9. The van der Waals surface area contributed by atoms with Crippen molar-refractivity contribution in [2.24, 2.45) is 0 Å². The third kappa shape index (κ3) is 2.86. The van der Waals surface area contributed by atoms with Gasteiger partial charge in [-0.25, -0.2) is 13.1 Å². The summed E-state index contributed by atoms with van der Waals surface area (Å²) in [6.45, 7) is 0.0666. The minimum Gasteiger partial charge on any atom is -0.384 e. The zero-order valence-corrected chi connectivity index (χ0v) is 11.5. The lowest BCUT2D eigenvalue weighted by atomic mass is 10.3. The Hall–Kier alpha value is -1.45. The van der Waals surface area contributed by atoms with E-state index in [0.717, 1.165) is 0 Å². The van der Waals surface area contributed by atoms with Gasteiger partial charge in [-0.3, -0.25) is 10.1 Å². The van der Waals surface area contributed by atoms with Crippen LogP contribution >= 0.6 is 15.9 Å². The van der Waals surface area contributed by atoms with Crippen LogP contribution in [0.5, 0.6) is 0 Å². The van der Waals surface area contributed by atoms with E-state index in [2.05, 4.69) is 35.8 Å². The number of hydrogen-bond acceptors (Lipinski definition) is 5. The number of nitrogens with zero attached hydrogens (tertiary/aromatic N) is 2. The molecular formula is C9H10BrN5O2S. The zero-order chi connectivity index (χ0) is 13.2. The monoisotopic (exact) mass is 331 g/mol. The van der Waals surface area contributed by atoms with Crippen molar-refractivity contribution in [3.8, 4) is 0 Å². The van der Waals surface area contributed by atoms with Crippen molar-refractivity contribution in [1.82, 2.24) is 19.9 Å². The summed E-state index contributed by atoms with van der Waals surface area (Å²) in [5, 5.41) is 6.23. The van der Waals surface area contributed by atoms with E-state index in [1.807, 2.05) is 0 Å². The van der Waals surface area contributed by atoms with E-state index in [0.29, 0.717) is 15.9 Å². The molecule has 0 fully saturated rings. The van der Waals surface area contributed by atoms with Crippen LogP contribution < -0.4 is 10.5 Å². The Morgan fingerprint density at radius 3 is 2.78 bits per heavy atom. The molecule has 2 aromatic heterocycles. The highest BCUT2D eigenvalue weighted by Crippen LogP contribution is 2.15. The molecule has 0 spiro atoms. The predicted octanol–water partition coefficient (Wildman–Crippen LogP) is 0.628. The maximum absolute atomic E-state index is 11.9. The Morgan fingerprint density at radius 2 is 2.17 bits per heavy atom. The van der Waals surface area contributed by atoms with Gasteiger partial charge < -0.3 is 5.73 Å². The highest BCUT2D eigenvalue weighted by Gasteiger charge is 2.15. The van der Waals surface area contributed by atoms with Gasteiger partial charge in [-0.2, -0.15) is 5.10 Å². The number of hydrogen-bond donors (Lipinski definition) is 3. The molecule has 2 aromatic rings. The Balaban J connectivity index is 2.16. The second-order valence-electron chi connectivity index (χ2n) is 3.47. The number of aromatic amines is 1. The number of halogens is 1. The quantitative estimate of drug-likeness (QED) is 0.760. The van der Waals surface area contributed by atoms with Gasteiger partial charge in [-0.15, -0.1) is 0 Å². The fraction of sp³-hybridized carbons (Fsp3) is 0.111. The van der Waals surface area contributed by atoms with Gasteiger partial charge in [0.1, 0.15) is 10.7 Å². The van der Waals surface area contributed by atoms with Crippen molar-refractivity contribution < 1.29 is 8.42 Å². The smallest absolute Gasteiger partial charge is 0.242 e. The molecule has 9 heteroatoms. The highest BCUT2D eigenvalue weighted by molar-refractivity contribution is 9.10. The number of sulfonamides is 1. The van der Waals surface area contributed by atoms with E-state index in [-0.39, 0.29) is 11.4 Å². The van der Waals surface area contributed by atoms with Gasteiger partial charge >= 0.3 is 0 Å². The summed E-state index contributed by atoms with van der Waals surface area (Å²) in [4.78, 5) is 3.89. The Bertz CT molecular complexity index is 654. The van der Waals surface area contributed by atoms with Gasteiger partial charge in [0, 0.05) is 29.0 Å². The SMILES string of the molecule is Nc1[nH]ncc1CNS(=O)(=O)c1cncc(Br)c1. The van der Waals surface area contributed by atoms with E-state index >= 15 is 0 Å². The fourth-order valence-corrected chi connectivity index (χ4v) is 2.77. The standard InChI is InChI=1S/C9H10BrN5O2S/c10-7-1-8(5-12-4-7)18(16,17)14-3-6-2-13-15-9(6)11/h1-2,4-5,14H,3H2,(H3,11,13,15). The van der Waals surface area contributed by atoms with Crippen molar-refractivity contribution in [2.75, 3.05) is 5.73 Å². The van der Waals surface area contributed by atoms with Gasteiger partial charge in [-0.05, 0) is 22.0 Å². The summed E-state index contributed by atoms with van der Waals surface area (Å²) >= 11 is 3.17. The van der Waals surface area contributed by atoms with Crippen LogP contribution in [-0.4, -0.2) is 23.6 Å². The molecule has 7 nitrogen and oxygen atoms in total. The molecule has 0 aliphatic rings. The van der Waals surface area contributed by atoms with Gasteiger partial charge in [-0.1, -0.05) is 0 Å². The molecule has 0 radical (unpaired) electrons. The number of nitrogen functional groups attached to an aromatic ring is 1. The third-order valence-corrected chi connectivity index (χ3v) is 4.00. The molecule has 18 heavy (non-hydrogen) atoms. The summed E-state index contributed by atoms with van der Waals surface area (Å²) in [5.41, 5.74) is 6.14. The fourth-order valence-electron chi connectivity index (χ4n) is 1.26. The molecule has 0 saturated heterocycles. The molecule has 2 rings (SSSR count). The van der Waals surface area contributed by atoms with Gasteiger partial charge in [0.05, 0.1) is 6.20 Å². The van der Waals surface area contributed by atoms with Gasteiger partial charge in [0.25, 0.3) is 0 Å². The number of aromatic nitrogens is 3. The van der Waals surface area contributed by atoms with Crippen molar-refractivity contribution >= 4 is 31.8 Å². The summed E-state index contributed by atoms with van der Waals surface area (Å²) in [6, 6.07) is 1.47. The van der Waals surface area contributed by atoms with Crippen LogP contribution in [0, 0.1) is 0 Å². The Kier molecular flexibility index (Phi) is 3.64. The Morgan fingerprint density at radius 1 is 1.39 bits per heavy atom. The maximum Gasteiger partial charge on any atom is 0.242 e. The largest absolute Gasteiger partial charge is 0.384 e. The molecule has 0 aliphatic heterocycles.